The summed E-state index contributed by atoms with van der Waals surface area (Å²) in [7, 11) is 0. The van der Waals surface area contributed by atoms with Gasteiger partial charge < -0.3 is 14.8 Å². The Morgan fingerprint density at radius 1 is 1.15 bits per heavy atom. The number of nitrogens with one attached hydrogen (secondary N) is 1. The van der Waals surface area contributed by atoms with Crippen molar-refractivity contribution in [2.75, 3.05) is 17.7 Å². The first-order valence-electron chi connectivity index (χ1n) is 11.2. The summed E-state index contributed by atoms with van der Waals surface area (Å²) in [5, 5.41) is 9.29. The van der Waals surface area contributed by atoms with Crippen LogP contribution in [-0.4, -0.2) is 33.1 Å². The Balaban J connectivity index is 1.61. The molecule has 0 amide bonds. The van der Waals surface area contributed by atoms with Gasteiger partial charge in [-0.05, 0) is 55.7 Å². The number of hydrogen-bond donors (Lipinski definition) is 1. The molecular weight excluding hydrogens is 472 g/mol. The molecule has 1 unspecified atom stereocenters. The lowest BCUT2D eigenvalue weighted by molar-refractivity contribution is -0.139. The lowest BCUT2D eigenvalue weighted by Gasteiger charge is -2.28. The van der Waals surface area contributed by atoms with E-state index >= 15 is 0 Å². The number of fused-ring (bicyclic) bond motifs is 1. The number of carbonyl (C=O) groups is 1. The van der Waals surface area contributed by atoms with Gasteiger partial charge in [0, 0.05) is 16.5 Å². The Labute approximate surface area is 208 Å². The first kappa shape index (κ1) is 24.2. The maximum absolute atomic E-state index is 12.9. The molecular formula is C25H27ClN4O3S. The van der Waals surface area contributed by atoms with Crippen molar-refractivity contribution in [2.24, 2.45) is 0 Å². The predicted molar refractivity (Wildman–Crippen MR) is 134 cm³/mol. The van der Waals surface area contributed by atoms with E-state index in [1.165, 1.54) is 0 Å². The van der Waals surface area contributed by atoms with E-state index in [2.05, 4.69) is 17.2 Å². The third kappa shape index (κ3) is 5.39. The molecule has 2 heterocycles. The highest BCUT2D eigenvalue weighted by atomic mass is 35.5. The van der Waals surface area contributed by atoms with Crippen molar-refractivity contribution >= 4 is 35.3 Å². The molecule has 0 saturated heterocycles. The van der Waals surface area contributed by atoms with Crippen LogP contribution in [0.2, 0.25) is 5.02 Å². The molecule has 1 aliphatic heterocycles. The highest BCUT2D eigenvalue weighted by Crippen LogP contribution is 2.37. The van der Waals surface area contributed by atoms with Crippen LogP contribution in [0, 0.1) is 0 Å². The number of benzene rings is 2. The Kier molecular flexibility index (Phi) is 7.80. The van der Waals surface area contributed by atoms with Crippen LogP contribution in [0.25, 0.3) is 0 Å². The maximum atomic E-state index is 12.9. The van der Waals surface area contributed by atoms with Crippen LogP contribution in [-0.2, 0) is 16.1 Å². The SMILES string of the molecule is CCCSc1nc2n(n1)C(c1ccc(OCc3ccc(Cl)cc3)cc1)C(C(=O)OCC)=C(C)N2. The van der Waals surface area contributed by atoms with Gasteiger partial charge in [-0.15, -0.1) is 5.10 Å². The minimum Gasteiger partial charge on any atom is -0.489 e. The van der Waals surface area contributed by atoms with Crippen LogP contribution in [0.1, 0.15) is 44.4 Å². The number of aromatic nitrogens is 3. The monoisotopic (exact) mass is 498 g/mol. The van der Waals surface area contributed by atoms with Crippen molar-refractivity contribution in [3.05, 3.63) is 76.0 Å². The van der Waals surface area contributed by atoms with E-state index in [0.717, 1.165) is 29.1 Å². The lowest BCUT2D eigenvalue weighted by Crippen LogP contribution is -2.29. The molecule has 1 aromatic heterocycles. The molecule has 0 bridgehead atoms. The number of nitrogens with zero attached hydrogens (tertiary/aromatic N) is 3. The van der Waals surface area contributed by atoms with Crippen molar-refractivity contribution in [3.8, 4) is 5.75 Å². The van der Waals surface area contributed by atoms with E-state index in [1.807, 2.05) is 55.5 Å². The van der Waals surface area contributed by atoms with Gasteiger partial charge in [-0.3, -0.25) is 0 Å². The summed E-state index contributed by atoms with van der Waals surface area (Å²) in [5.41, 5.74) is 3.14. The van der Waals surface area contributed by atoms with E-state index in [9.17, 15) is 4.79 Å². The first-order valence-corrected chi connectivity index (χ1v) is 12.6. The third-order valence-corrected chi connectivity index (χ3v) is 6.57. The third-order valence-electron chi connectivity index (χ3n) is 5.28. The lowest BCUT2D eigenvalue weighted by atomic mass is 9.96. The minimum absolute atomic E-state index is 0.293. The predicted octanol–water partition coefficient (Wildman–Crippen LogP) is 5.86. The standard InChI is InChI=1S/C25H27ClN4O3S/c1-4-14-34-25-28-24-27-16(3)21(23(31)32-5-2)22(30(24)29-25)18-8-12-20(13-9-18)33-15-17-6-10-19(26)11-7-17/h6-13,22H,4-5,14-15H2,1-3H3,(H,27,28,29). The van der Waals surface area contributed by atoms with Gasteiger partial charge in [0.05, 0.1) is 12.2 Å². The van der Waals surface area contributed by atoms with Crippen molar-refractivity contribution < 1.29 is 14.3 Å². The minimum atomic E-state index is -0.455. The second kappa shape index (κ2) is 11.0. The number of thioether (sulfide) groups is 1. The molecule has 9 heteroatoms. The van der Waals surface area contributed by atoms with E-state index in [4.69, 9.17) is 26.2 Å². The fourth-order valence-corrected chi connectivity index (χ4v) is 4.47. The highest BCUT2D eigenvalue weighted by molar-refractivity contribution is 7.99. The Morgan fingerprint density at radius 2 is 1.88 bits per heavy atom. The number of allylic oxidation sites excluding steroid dienone is 1. The van der Waals surface area contributed by atoms with E-state index in [-0.39, 0.29) is 5.97 Å². The van der Waals surface area contributed by atoms with E-state index in [0.29, 0.717) is 40.6 Å². The molecule has 0 radical (unpaired) electrons. The van der Waals surface area contributed by atoms with Crippen LogP contribution in [0.4, 0.5) is 5.95 Å². The van der Waals surface area contributed by atoms with Gasteiger partial charge in [-0.25, -0.2) is 9.48 Å². The number of hydrogen-bond acceptors (Lipinski definition) is 7. The van der Waals surface area contributed by atoms with Gasteiger partial charge in [0.15, 0.2) is 0 Å². The molecule has 0 saturated carbocycles. The van der Waals surface area contributed by atoms with Crippen LogP contribution >= 0.6 is 23.4 Å². The molecule has 1 atom stereocenters. The van der Waals surface area contributed by atoms with Gasteiger partial charge >= 0.3 is 5.97 Å². The number of esters is 1. The Hall–Kier alpha value is -2.97. The molecule has 0 spiro atoms. The summed E-state index contributed by atoms with van der Waals surface area (Å²) in [6, 6.07) is 14.8. The van der Waals surface area contributed by atoms with Crippen LogP contribution < -0.4 is 10.1 Å². The summed E-state index contributed by atoms with van der Waals surface area (Å²) in [6.07, 6.45) is 1.02. The number of carbonyl (C=O) groups excluding carboxylic acids is 1. The fraction of sp³-hybridized carbons (Fsp3) is 0.320. The summed E-state index contributed by atoms with van der Waals surface area (Å²) < 4.78 is 13.1. The zero-order valence-electron chi connectivity index (χ0n) is 19.4. The van der Waals surface area contributed by atoms with Crippen LogP contribution in [0.5, 0.6) is 5.75 Å². The van der Waals surface area contributed by atoms with Gasteiger partial charge in [-0.1, -0.05) is 54.6 Å². The van der Waals surface area contributed by atoms with Crippen molar-refractivity contribution in [2.45, 2.75) is 45.0 Å². The summed E-state index contributed by atoms with van der Waals surface area (Å²) >= 11 is 7.55. The average molecular weight is 499 g/mol. The zero-order valence-corrected chi connectivity index (χ0v) is 20.9. The average Bonchev–Trinajstić information content (AvgIpc) is 3.24. The second-order valence-corrected chi connectivity index (χ2v) is 9.28. The highest BCUT2D eigenvalue weighted by Gasteiger charge is 2.35. The smallest absolute Gasteiger partial charge is 0.338 e. The van der Waals surface area contributed by atoms with Crippen LogP contribution in [0.3, 0.4) is 0 Å². The number of halogens is 1. The molecule has 0 aliphatic carbocycles. The normalized spacial score (nSPS) is 15.0. The molecule has 4 rings (SSSR count). The molecule has 3 aromatic rings. The molecule has 1 aliphatic rings. The Bertz CT molecular complexity index is 1180. The molecule has 178 valence electrons. The largest absolute Gasteiger partial charge is 0.489 e. The number of ether oxygens (including phenoxy) is 2. The molecule has 7 nitrogen and oxygen atoms in total. The summed E-state index contributed by atoms with van der Waals surface area (Å²) in [5.74, 6) is 1.89. The van der Waals surface area contributed by atoms with Gasteiger partial charge in [0.2, 0.25) is 11.1 Å². The van der Waals surface area contributed by atoms with Crippen molar-refractivity contribution in [1.29, 1.82) is 0 Å². The van der Waals surface area contributed by atoms with Crippen molar-refractivity contribution in [3.63, 3.8) is 0 Å². The summed E-state index contributed by atoms with van der Waals surface area (Å²) in [6.45, 7) is 6.50. The van der Waals surface area contributed by atoms with E-state index in [1.54, 1.807) is 23.4 Å². The number of anilines is 1. The second-order valence-electron chi connectivity index (χ2n) is 7.78. The van der Waals surface area contributed by atoms with Gasteiger partial charge in [0.25, 0.3) is 0 Å². The van der Waals surface area contributed by atoms with Gasteiger partial charge in [0.1, 0.15) is 18.4 Å². The van der Waals surface area contributed by atoms with Crippen LogP contribution in [0.15, 0.2) is 65.0 Å². The number of rotatable bonds is 9. The molecule has 34 heavy (non-hydrogen) atoms. The summed E-state index contributed by atoms with van der Waals surface area (Å²) in [4.78, 5) is 17.5. The van der Waals surface area contributed by atoms with Gasteiger partial charge in [-0.2, -0.15) is 4.98 Å². The first-order chi connectivity index (χ1) is 16.5. The van der Waals surface area contributed by atoms with E-state index < -0.39 is 6.04 Å². The zero-order chi connectivity index (χ0) is 24.1. The fourth-order valence-electron chi connectivity index (χ4n) is 3.66. The quantitative estimate of drug-likeness (QED) is 0.292. The molecule has 0 fully saturated rings. The van der Waals surface area contributed by atoms with Crippen molar-refractivity contribution in [1.82, 2.24) is 14.8 Å². The topological polar surface area (TPSA) is 78.3 Å². The Morgan fingerprint density at radius 3 is 2.56 bits per heavy atom. The molecule has 1 N–H and O–H groups in total. The maximum Gasteiger partial charge on any atom is 0.338 e. The molecule has 2 aromatic carbocycles.